The van der Waals surface area contributed by atoms with Crippen LogP contribution in [0.3, 0.4) is 0 Å². The normalized spacial score (nSPS) is 10.9. The molecule has 0 aromatic carbocycles. The third-order valence-corrected chi connectivity index (χ3v) is 3.86. The number of aromatic nitrogens is 4. The summed E-state index contributed by atoms with van der Waals surface area (Å²) in [4.78, 5) is 26.2. The lowest BCUT2D eigenvalue weighted by molar-refractivity contribution is -0.386. The van der Waals surface area contributed by atoms with Crippen LogP contribution in [0.4, 0.5) is 14.5 Å². The van der Waals surface area contributed by atoms with Crippen molar-refractivity contribution in [3.63, 3.8) is 0 Å². The number of nitro groups is 1. The van der Waals surface area contributed by atoms with E-state index in [-0.39, 0.29) is 23.0 Å². The van der Waals surface area contributed by atoms with Crippen molar-refractivity contribution >= 4 is 17.3 Å². The summed E-state index contributed by atoms with van der Waals surface area (Å²) in [5.74, 6) is -0.966. The van der Waals surface area contributed by atoms with Crippen molar-refractivity contribution in [3.05, 3.63) is 62.9 Å². The molecule has 0 aliphatic rings. The Morgan fingerprint density at radius 1 is 1.14 bits per heavy atom. The third-order valence-electron chi connectivity index (χ3n) is 3.65. The highest BCUT2D eigenvalue weighted by molar-refractivity contribution is 6.30. The van der Waals surface area contributed by atoms with Crippen molar-refractivity contribution in [2.45, 2.75) is 20.3 Å². The van der Waals surface area contributed by atoms with Crippen LogP contribution in [0.25, 0.3) is 11.3 Å². The SMILES string of the molecule is Cc1nc(C(F)F)nc(C)c1Oc1nc(-c2cncc(Cl)c2)ccc1[N+](=O)[O-]. The van der Waals surface area contributed by atoms with Gasteiger partial charge in [0.1, 0.15) is 0 Å². The molecule has 0 amide bonds. The molecule has 0 radical (unpaired) electrons. The van der Waals surface area contributed by atoms with Crippen molar-refractivity contribution in [2.24, 2.45) is 0 Å². The quantitative estimate of drug-likeness (QED) is 0.440. The molecule has 8 nitrogen and oxygen atoms in total. The largest absolute Gasteiger partial charge is 0.430 e. The van der Waals surface area contributed by atoms with E-state index in [1.165, 1.54) is 38.4 Å². The van der Waals surface area contributed by atoms with Gasteiger partial charge in [-0.25, -0.2) is 23.7 Å². The summed E-state index contributed by atoms with van der Waals surface area (Å²) in [6.07, 6.45) is 0.0705. The van der Waals surface area contributed by atoms with Gasteiger partial charge < -0.3 is 4.74 Å². The molecule has 0 fully saturated rings. The summed E-state index contributed by atoms with van der Waals surface area (Å²) >= 11 is 5.92. The van der Waals surface area contributed by atoms with Crippen molar-refractivity contribution in [1.82, 2.24) is 19.9 Å². The van der Waals surface area contributed by atoms with Crippen LogP contribution in [0.5, 0.6) is 11.6 Å². The van der Waals surface area contributed by atoms with E-state index < -0.39 is 22.9 Å². The predicted molar refractivity (Wildman–Crippen MR) is 95.7 cm³/mol. The Bertz CT molecular complexity index is 1040. The first-order chi connectivity index (χ1) is 13.3. The number of rotatable bonds is 5. The highest BCUT2D eigenvalue weighted by atomic mass is 35.5. The number of ether oxygens (including phenoxy) is 1. The van der Waals surface area contributed by atoms with Gasteiger partial charge in [0, 0.05) is 24.0 Å². The van der Waals surface area contributed by atoms with Crippen LogP contribution in [0.15, 0.2) is 30.6 Å². The smallest absolute Gasteiger partial charge is 0.331 e. The van der Waals surface area contributed by atoms with Gasteiger partial charge in [-0.3, -0.25) is 15.1 Å². The van der Waals surface area contributed by atoms with E-state index in [1.807, 2.05) is 0 Å². The van der Waals surface area contributed by atoms with Crippen molar-refractivity contribution in [3.8, 4) is 22.9 Å². The second-order valence-corrected chi connectivity index (χ2v) is 6.09. The zero-order valence-corrected chi connectivity index (χ0v) is 15.3. The lowest BCUT2D eigenvalue weighted by Crippen LogP contribution is -2.05. The predicted octanol–water partition coefficient (Wildman–Crippen LogP) is 4.84. The first-order valence-electron chi connectivity index (χ1n) is 7.83. The van der Waals surface area contributed by atoms with Crippen molar-refractivity contribution in [1.29, 1.82) is 0 Å². The van der Waals surface area contributed by atoms with Gasteiger partial charge >= 0.3 is 5.69 Å². The molecule has 0 aliphatic carbocycles. The molecule has 11 heteroatoms. The number of pyridine rings is 2. The maximum Gasteiger partial charge on any atom is 0.331 e. The first kappa shape index (κ1) is 19.5. The molecule has 28 heavy (non-hydrogen) atoms. The van der Waals surface area contributed by atoms with E-state index >= 15 is 0 Å². The highest BCUT2D eigenvalue weighted by Crippen LogP contribution is 2.35. The number of halogens is 3. The molecule has 144 valence electrons. The summed E-state index contributed by atoms with van der Waals surface area (Å²) in [7, 11) is 0. The summed E-state index contributed by atoms with van der Waals surface area (Å²) < 4.78 is 31.3. The maximum absolute atomic E-state index is 12.8. The van der Waals surface area contributed by atoms with Gasteiger partial charge in [-0.2, -0.15) is 0 Å². The molecule has 0 unspecified atom stereocenters. The van der Waals surface area contributed by atoms with Crippen LogP contribution in [0.1, 0.15) is 23.6 Å². The zero-order chi connectivity index (χ0) is 20.4. The summed E-state index contributed by atoms with van der Waals surface area (Å²) in [6, 6.07) is 4.23. The van der Waals surface area contributed by atoms with Crippen molar-refractivity contribution < 1.29 is 18.4 Å². The lowest BCUT2D eigenvalue weighted by atomic mass is 10.2. The molecule has 0 N–H and O–H groups in total. The minimum atomic E-state index is -2.85. The second kappa shape index (κ2) is 7.77. The Labute approximate surface area is 162 Å². The fourth-order valence-electron chi connectivity index (χ4n) is 2.43. The third kappa shape index (κ3) is 4.01. The molecular formula is C17H12ClF2N5O3. The molecule has 0 bridgehead atoms. The van der Waals surface area contributed by atoms with E-state index in [9.17, 15) is 18.9 Å². The standard InChI is InChI=1S/C17H12ClF2N5O3/c1-8-14(9(2)23-16(22-8)15(19)20)28-17-13(25(26)27)4-3-12(24-17)10-5-11(18)7-21-6-10/h3-7,15H,1-2H3. The van der Waals surface area contributed by atoms with Gasteiger partial charge in [-0.15, -0.1) is 0 Å². The fraction of sp³-hybridized carbons (Fsp3) is 0.176. The average molecular weight is 408 g/mol. The van der Waals surface area contributed by atoms with Crippen LogP contribution in [-0.2, 0) is 0 Å². The van der Waals surface area contributed by atoms with Gasteiger partial charge in [-0.1, -0.05) is 11.6 Å². The molecule has 0 spiro atoms. The molecule has 3 aromatic heterocycles. The molecule has 3 rings (SSSR count). The summed E-state index contributed by atoms with van der Waals surface area (Å²) in [5.41, 5.74) is 0.652. The fourth-order valence-corrected chi connectivity index (χ4v) is 2.61. The number of aryl methyl sites for hydroxylation is 2. The topological polar surface area (TPSA) is 104 Å². The summed E-state index contributed by atoms with van der Waals surface area (Å²) in [6.45, 7) is 2.87. The minimum absolute atomic E-state index is 0.0152. The highest BCUT2D eigenvalue weighted by Gasteiger charge is 2.23. The van der Waals surface area contributed by atoms with E-state index in [0.717, 1.165) is 0 Å². The number of alkyl halides is 2. The minimum Gasteiger partial charge on any atom is -0.430 e. The van der Waals surface area contributed by atoms with Crippen LogP contribution >= 0.6 is 11.6 Å². The van der Waals surface area contributed by atoms with Gasteiger partial charge in [0.25, 0.3) is 12.3 Å². The van der Waals surface area contributed by atoms with Gasteiger partial charge in [0.15, 0.2) is 11.6 Å². The Hall–Kier alpha value is -3.27. The average Bonchev–Trinajstić information content (AvgIpc) is 2.64. The number of hydrogen-bond acceptors (Lipinski definition) is 7. The van der Waals surface area contributed by atoms with Gasteiger partial charge in [0.05, 0.1) is 27.0 Å². The Kier molecular flexibility index (Phi) is 5.41. The molecule has 0 saturated carbocycles. The van der Waals surface area contributed by atoms with Crippen LogP contribution < -0.4 is 4.74 Å². The number of hydrogen-bond donors (Lipinski definition) is 0. The van der Waals surface area contributed by atoms with E-state index in [4.69, 9.17) is 16.3 Å². The molecule has 3 heterocycles. The second-order valence-electron chi connectivity index (χ2n) is 5.65. The monoisotopic (exact) mass is 407 g/mol. The lowest BCUT2D eigenvalue weighted by Gasteiger charge is -2.12. The van der Waals surface area contributed by atoms with E-state index in [1.54, 1.807) is 6.07 Å². The van der Waals surface area contributed by atoms with Crippen LogP contribution in [0, 0.1) is 24.0 Å². The molecule has 0 aliphatic heterocycles. The Morgan fingerprint density at radius 3 is 2.39 bits per heavy atom. The maximum atomic E-state index is 12.8. The van der Waals surface area contributed by atoms with Crippen LogP contribution in [-0.4, -0.2) is 24.9 Å². The van der Waals surface area contributed by atoms with Crippen LogP contribution in [0.2, 0.25) is 5.02 Å². The first-order valence-corrected chi connectivity index (χ1v) is 8.21. The van der Waals surface area contributed by atoms with Crippen molar-refractivity contribution in [2.75, 3.05) is 0 Å². The van der Waals surface area contributed by atoms with E-state index in [2.05, 4.69) is 19.9 Å². The molecule has 0 saturated heterocycles. The Morgan fingerprint density at radius 2 is 1.82 bits per heavy atom. The van der Waals surface area contributed by atoms with E-state index in [0.29, 0.717) is 16.3 Å². The molecule has 3 aromatic rings. The summed E-state index contributed by atoms with van der Waals surface area (Å²) in [5, 5.41) is 11.7. The zero-order valence-electron chi connectivity index (χ0n) is 14.6. The van der Waals surface area contributed by atoms with Gasteiger partial charge in [0.2, 0.25) is 0 Å². The van der Waals surface area contributed by atoms with Gasteiger partial charge in [-0.05, 0) is 26.0 Å². The molecular weight excluding hydrogens is 396 g/mol. The number of nitrogens with zero attached hydrogens (tertiary/aromatic N) is 5. The Balaban J connectivity index is 2.08. The molecule has 0 atom stereocenters.